The fourth-order valence-electron chi connectivity index (χ4n) is 1.80. The lowest BCUT2D eigenvalue weighted by molar-refractivity contribution is -0.117. The molecule has 0 aliphatic carbocycles. The van der Waals surface area contributed by atoms with Gasteiger partial charge in [0.25, 0.3) is 0 Å². The summed E-state index contributed by atoms with van der Waals surface area (Å²) in [5, 5.41) is -0.965. The number of hydrogen-bond acceptors (Lipinski definition) is 3. The van der Waals surface area contributed by atoms with Gasteiger partial charge in [0, 0.05) is 16.5 Å². The van der Waals surface area contributed by atoms with Crippen LogP contribution in [0.15, 0.2) is 18.2 Å². The van der Waals surface area contributed by atoms with Gasteiger partial charge in [0.1, 0.15) is 5.25 Å². The van der Waals surface area contributed by atoms with E-state index in [0.717, 1.165) is 3.57 Å². The molecule has 8 heteroatoms. The highest BCUT2D eigenvalue weighted by Gasteiger charge is 2.39. The van der Waals surface area contributed by atoms with Gasteiger partial charge in [-0.05, 0) is 40.8 Å². The largest absolute Gasteiger partial charge is 0.309 e. The van der Waals surface area contributed by atoms with Crippen LogP contribution in [0.4, 0.5) is 9.57 Å². The van der Waals surface area contributed by atoms with E-state index < -0.39 is 21.4 Å². The van der Waals surface area contributed by atoms with Crippen LogP contribution in [-0.2, 0) is 15.0 Å². The van der Waals surface area contributed by atoms with E-state index in [1.807, 2.05) is 0 Å². The lowest BCUT2D eigenvalue weighted by atomic mass is 10.3. The Kier molecular flexibility index (Phi) is 3.84. The van der Waals surface area contributed by atoms with Crippen molar-refractivity contribution in [1.29, 1.82) is 0 Å². The van der Waals surface area contributed by atoms with E-state index in [4.69, 9.17) is 11.6 Å². The molecule has 0 spiro atoms. The first-order valence-electron chi connectivity index (χ1n) is 4.98. The van der Waals surface area contributed by atoms with Crippen molar-refractivity contribution in [3.05, 3.63) is 26.8 Å². The molecule has 1 heterocycles. The summed E-state index contributed by atoms with van der Waals surface area (Å²) in [5.41, 5.74) is 0.410. The van der Waals surface area contributed by atoms with Crippen molar-refractivity contribution in [1.82, 2.24) is 0 Å². The van der Waals surface area contributed by atoms with Gasteiger partial charge in [-0.15, -0.1) is 3.89 Å². The maximum absolute atomic E-state index is 12.9. The molecule has 1 fully saturated rings. The number of carbonyl (C=O) groups is 1. The molecule has 0 bridgehead atoms. The second kappa shape index (κ2) is 4.93. The van der Waals surface area contributed by atoms with Crippen LogP contribution in [0.2, 0.25) is 5.02 Å². The van der Waals surface area contributed by atoms with E-state index in [2.05, 4.69) is 22.6 Å². The summed E-state index contributed by atoms with van der Waals surface area (Å²) in [4.78, 5) is 12.9. The Morgan fingerprint density at radius 3 is 2.61 bits per heavy atom. The number of rotatable bonds is 2. The molecule has 1 aliphatic heterocycles. The van der Waals surface area contributed by atoms with E-state index in [9.17, 15) is 17.1 Å². The Labute approximate surface area is 122 Å². The predicted octanol–water partition coefficient (Wildman–Crippen LogP) is 2.35. The summed E-state index contributed by atoms with van der Waals surface area (Å²) in [5.74, 6) is -0.440. The van der Waals surface area contributed by atoms with Crippen LogP contribution < -0.4 is 4.90 Å². The van der Waals surface area contributed by atoms with Gasteiger partial charge < -0.3 is 4.90 Å². The van der Waals surface area contributed by atoms with E-state index in [1.165, 1.54) is 4.90 Å². The van der Waals surface area contributed by atoms with Crippen molar-refractivity contribution in [2.45, 2.75) is 11.7 Å². The molecule has 18 heavy (non-hydrogen) atoms. The molecule has 1 aromatic carbocycles. The summed E-state index contributed by atoms with van der Waals surface area (Å²) in [7, 11) is -4.70. The number of nitrogens with zero attached hydrogens (tertiary/aromatic N) is 1. The molecule has 0 N–H and O–H groups in total. The molecule has 1 amide bonds. The van der Waals surface area contributed by atoms with Crippen LogP contribution in [0.1, 0.15) is 6.42 Å². The summed E-state index contributed by atoms with van der Waals surface area (Å²) >= 11 is 8.06. The minimum atomic E-state index is -4.70. The molecule has 2 rings (SSSR count). The van der Waals surface area contributed by atoms with Crippen LogP contribution in [-0.4, -0.2) is 26.1 Å². The summed E-state index contributed by atoms with van der Waals surface area (Å²) in [6, 6.07) is 5.02. The molecular formula is C10H8ClFINO3S. The highest BCUT2D eigenvalue weighted by atomic mass is 127. The minimum absolute atomic E-state index is 0.196. The van der Waals surface area contributed by atoms with Crippen LogP contribution in [0.5, 0.6) is 0 Å². The zero-order valence-electron chi connectivity index (χ0n) is 8.94. The Morgan fingerprint density at radius 1 is 1.44 bits per heavy atom. The third-order valence-corrected chi connectivity index (χ3v) is 4.77. The van der Waals surface area contributed by atoms with Crippen LogP contribution in [0, 0.1) is 3.57 Å². The average Bonchev–Trinajstić information content (AvgIpc) is 2.60. The third-order valence-electron chi connectivity index (χ3n) is 2.69. The highest BCUT2D eigenvalue weighted by Crippen LogP contribution is 2.32. The maximum Gasteiger partial charge on any atom is 0.307 e. The van der Waals surface area contributed by atoms with Gasteiger partial charge >= 0.3 is 10.2 Å². The molecule has 1 unspecified atom stereocenters. The highest BCUT2D eigenvalue weighted by molar-refractivity contribution is 14.1. The smallest absolute Gasteiger partial charge is 0.307 e. The quantitative estimate of drug-likeness (QED) is 0.563. The monoisotopic (exact) mass is 403 g/mol. The van der Waals surface area contributed by atoms with Crippen molar-refractivity contribution in [2.24, 2.45) is 0 Å². The van der Waals surface area contributed by atoms with Crippen molar-refractivity contribution < 1.29 is 17.1 Å². The van der Waals surface area contributed by atoms with Crippen LogP contribution >= 0.6 is 34.2 Å². The normalized spacial score (nSPS) is 20.5. The van der Waals surface area contributed by atoms with Gasteiger partial charge in [-0.25, -0.2) is 0 Å². The molecule has 0 aromatic heterocycles. The Morgan fingerprint density at radius 2 is 2.11 bits per heavy atom. The second-order valence-corrected chi connectivity index (χ2v) is 7.17. The molecule has 0 radical (unpaired) electrons. The second-order valence-electron chi connectivity index (χ2n) is 3.90. The number of amides is 1. The molecule has 1 atom stereocenters. The first-order valence-corrected chi connectivity index (χ1v) is 7.88. The minimum Gasteiger partial charge on any atom is -0.309 e. The lowest BCUT2D eigenvalue weighted by Crippen LogP contribution is -2.27. The average molecular weight is 404 g/mol. The first-order chi connectivity index (χ1) is 8.29. The summed E-state index contributed by atoms with van der Waals surface area (Å²) < 4.78 is 35.4. The van der Waals surface area contributed by atoms with Crippen molar-refractivity contribution in [3.63, 3.8) is 0 Å². The molecule has 1 saturated heterocycles. The molecule has 0 saturated carbocycles. The zero-order chi connectivity index (χ0) is 13.5. The molecule has 4 nitrogen and oxygen atoms in total. The van der Waals surface area contributed by atoms with Gasteiger partial charge in [-0.1, -0.05) is 11.6 Å². The van der Waals surface area contributed by atoms with Crippen LogP contribution in [0.3, 0.4) is 0 Å². The summed E-state index contributed by atoms with van der Waals surface area (Å²) in [6.07, 6.45) is -0.346. The summed E-state index contributed by atoms with van der Waals surface area (Å²) in [6.45, 7) is -0.196. The Hall–Kier alpha value is -0.410. The fourth-order valence-corrected chi connectivity index (χ4v) is 3.42. The third kappa shape index (κ3) is 2.77. The van der Waals surface area contributed by atoms with Gasteiger partial charge in [-0.2, -0.15) is 8.42 Å². The SMILES string of the molecule is O=C1CC(S(=O)(=O)F)CN1c1ccc(I)cc1Cl. The van der Waals surface area contributed by atoms with Crippen LogP contribution in [0.25, 0.3) is 0 Å². The van der Waals surface area contributed by atoms with Crippen molar-refractivity contribution in [3.8, 4) is 0 Å². The zero-order valence-corrected chi connectivity index (χ0v) is 12.7. The van der Waals surface area contributed by atoms with E-state index in [1.54, 1.807) is 18.2 Å². The van der Waals surface area contributed by atoms with Crippen molar-refractivity contribution in [2.75, 3.05) is 11.4 Å². The number of anilines is 1. The van der Waals surface area contributed by atoms with Gasteiger partial charge in [0.15, 0.2) is 0 Å². The van der Waals surface area contributed by atoms with Gasteiger partial charge in [0.05, 0.1) is 10.7 Å². The van der Waals surface area contributed by atoms with E-state index in [0.29, 0.717) is 10.7 Å². The number of hydrogen-bond donors (Lipinski definition) is 0. The number of carbonyl (C=O) groups excluding carboxylic acids is 1. The molecule has 98 valence electrons. The Bertz CT molecular complexity index is 607. The van der Waals surface area contributed by atoms with E-state index in [-0.39, 0.29) is 13.0 Å². The van der Waals surface area contributed by atoms with Gasteiger partial charge in [0.2, 0.25) is 5.91 Å². The topological polar surface area (TPSA) is 54.5 Å². The molecule has 1 aliphatic rings. The Balaban J connectivity index is 2.33. The first kappa shape index (κ1) is 14.0. The standard InChI is InChI=1S/C10H8ClFINO3S/c11-8-3-6(13)1-2-9(8)14-5-7(4-10(14)15)18(12,16)17/h1-3,7H,4-5H2. The van der Waals surface area contributed by atoms with E-state index >= 15 is 0 Å². The van der Waals surface area contributed by atoms with Crippen molar-refractivity contribution >= 4 is 56.0 Å². The molecular weight excluding hydrogens is 396 g/mol. The predicted molar refractivity (Wildman–Crippen MR) is 75.0 cm³/mol. The number of benzene rings is 1. The fraction of sp³-hybridized carbons (Fsp3) is 0.300. The molecule has 1 aromatic rings. The lowest BCUT2D eigenvalue weighted by Gasteiger charge is -2.17. The van der Waals surface area contributed by atoms with Gasteiger partial charge in [-0.3, -0.25) is 4.79 Å². The maximum atomic E-state index is 12.9. The number of halogens is 3.